The predicted molar refractivity (Wildman–Crippen MR) is 132 cm³/mol. The van der Waals surface area contributed by atoms with E-state index < -0.39 is 0 Å². The molecular formula is C26H25BrN2O3. The van der Waals surface area contributed by atoms with Crippen LogP contribution in [0, 0.1) is 13.8 Å². The third-order valence-electron chi connectivity index (χ3n) is 5.68. The second-order valence-corrected chi connectivity index (χ2v) is 8.70. The average Bonchev–Trinajstić information content (AvgIpc) is 2.80. The van der Waals surface area contributed by atoms with Crippen molar-refractivity contribution in [3.8, 4) is 22.9 Å². The van der Waals surface area contributed by atoms with Crippen molar-refractivity contribution in [3.63, 3.8) is 0 Å². The topological polar surface area (TPSA) is 53.4 Å². The summed E-state index contributed by atoms with van der Waals surface area (Å²) in [6.45, 7) is 4.53. The third-order valence-corrected chi connectivity index (χ3v) is 6.18. The summed E-state index contributed by atoms with van der Waals surface area (Å²) >= 11 is 3.48. The first-order valence-electron chi connectivity index (χ1n) is 10.4. The summed E-state index contributed by atoms with van der Waals surface area (Å²) in [5.74, 6) is 2.30. The molecule has 3 aromatic carbocycles. The second-order valence-electron chi connectivity index (χ2n) is 7.79. The molecule has 4 rings (SSSR count). The van der Waals surface area contributed by atoms with Crippen molar-refractivity contribution in [2.75, 3.05) is 14.2 Å². The van der Waals surface area contributed by atoms with Crippen molar-refractivity contribution < 1.29 is 9.47 Å². The number of aromatic nitrogens is 2. The van der Waals surface area contributed by atoms with Gasteiger partial charge in [0, 0.05) is 16.6 Å². The van der Waals surface area contributed by atoms with Crippen LogP contribution >= 0.6 is 15.9 Å². The number of benzene rings is 3. The molecule has 0 fully saturated rings. The summed E-state index contributed by atoms with van der Waals surface area (Å²) in [6, 6.07) is 17.6. The first kappa shape index (κ1) is 22.1. The van der Waals surface area contributed by atoms with Gasteiger partial charge in [0.05, 0.1) is 25.1 Å². The Morgan fingerprint density at radius 3 is 2.38 bits per heavy atom. The van der Waals surface area contributed by atoms with Crippen LogP contribution in [0.2, 0.25) is 0 Å². The van der Waals surface area contributed by atoms with E-state index in [1.807, 2.05) is 68.4 Å². The van der Waals surface area contributed by atoms with E-state index in [0.29, 0.717) is 29.7 Å². The maximum absolute atomic E-state index is 13.6. The lowest BCUT2D eigenvalue weighted by Gasteiger charge is -2.17. The SMILES string of the molecule is COc1ccc(CCn2c(-c3cc(C)c(OC)cc3C)nc3ccc(Br)cc3c2=O)cc1. The smallest absolute Gasteiger partial charge is 0.261 e. The molecule has 0 unspecified atom stereocenters. The van der Waals surface area contributed by atoms with E-state index in [2.05, 4.69) is 15.9 Å². The zero-order chi connectivity index (χ0) is 22.8. The fraction of sp³-hybridized carbons (Fsp3) is 0.231. The average molecular weight is 493 g/mol. The Labute approximate surface area is 195 Å². The summed E-state index contributed by atoms with van der Waals surface area (Å²) in [6.07, 6.45) is 0.701. The molecular weight excluding hydrogens is 468 g/mol. The summed E-state index contributed by atoms with van der Waals surface area (Å²) in [7, 11) is 3.32. The van der Waals surface area contributed by atoms with Crippen molar-refractivity contribution in [2.24, 2.45) is 0 Å². The van der Waals surface area contributed by atoms with Crippen LogP contribution < -0.4 is 15.0 Å². The van der Waals surface area contributed by atoms with Gasteiger partial charge in [-0.3, -0.25) is 9.36 Å². The van der Waals surface area contributed by atoms with E-state index in [0.717, 1.165) is 38.2 Å². The Kier molecular flexibility index (Phi) is 6.33. The molecule has 0 spiro atoms. The number of ether oxygens (including phenoxy) is 2. The Balaban J connectivity index is 1.86. The highest BCUT2D eigenvalue weighted by atomic mass is 79.9. The minimum atomic E-state index is -0.0484. The largest absolute Gasteiger partial charge is 0.497 e. The van der Waals surface area contributed by atoms with Crippen molar-refractivity contribution in [1.29, 1.82) is 0 Å². The van der Waals surface area contributed by atoms with Gasteiger partial charge in [0.25, 0.3) is 5.56 Å². The van der Waals surface area contributed by atoms with Gasteiger partial charge in [-0.05, 0) is 79.4 Å². The summed E-state index contributed by atoms with van der Waals surface area (Å²) < 4.78 is 13.4. The Bertz CT molecular complexity index is 1340. The van der Waals surface area contributed by atoms with Crippen LogP contribution in [0.4, 0.5) is 0 Å². The van der Waals surface area contributed by atoms with E-state index in [1.54, 1.807) is 18.8 Å². The molecule has 4 aromatic rings. The maximum atomic E-state index is 13.6. The fourth-order valence-electron chi connectivity index (χ4n) is 3.89. The van der Waals surface area contributed by atoms with Gasteiger partial charge in [-0.25, -0.2) is 4.98 Å². The van der Waals surface area contributed by atoms with E-state index in [4.69, 9.17) is 14.5 Å². The van der Waals surface area contributed by atoms with Crippen molar-refractivity contribution in [2.45, 2.75) is 26.8 Å². The fourth-order valence-corrected chi connectivity index (χ4v) is 4.25. The molecule has 5 nitrogen and oxygen atoms in total. The van der Waals surface area contributed by atoms with Crippen LogP contribution in [0.1, 0.15) is 16.7 Å². The standard InChI is InChI=1S/C26H25BrN2O3/c1-16-14-24(32-4)17(2)13-21(16)25-28-23-10-7-19(27)15-22(23)26(30)29(25)12-11-18-5-8-20(31-3)9-6-18/h5-10,13-15H,11-12H2,1-4H3. The Morgan fingerprint density at radius 2 is 1.69 bits per heavy atom. The number of hydrogen-bond acceptors (Lipinski definition) is 4. The van der Waals surface area contributed by atoms with Crippen molar-refractivity contribution in [1.82, 2.24) is 9.55 Å². The van der Waals surface area contributed by atoms with Crippen LogP contribution in [-0.2, 0) is 13.0 Å². The molecule has 0 aliphatic heterocycles. The minimum absolute atomic E-state index is 0.0484. The number of rotatable bonds is 6. The molecule has 0 aliphatic rings. The first-order chi connectivity index (χ1) is 15.4. The lowest BCUT2D eigenvalue weighted by molar-refractivity contribution is 0.411. The van der Waals surface area contributed by atoms with Crippen LogP contribution in [0.5, 0.6) is 11.5 Å². The number of fused-ring (bicyclic) bond motifs is 1. The van der Waals surface area contributed by atoms with Gasteiger partial charge < -0.3 is 9.47 Å². The van der Waals surface area contributed by atoms with Crippen LogP contribution in [0.3, 0.4) is 0 Å². The Morgan fingerprint density at radius 1 is 0.938 bits per heavy atom. The summed E-state index contributed by atoms with van der Waals surface area (Å²) in [5.41, 5.74) is 4.70. The molecule has 164 valence electrons. The number of aryl methyl sites for hydroxylation is 3. The summed E-state index contributed by atoms with van der Waals surface area (Å²) in [5, 5.41) is 0.598. The van der Waals surface area contributed by atoms with E-state index in [9.17, 15) is 4.79 Å². The molecule has 0 radical (unpaired) electrons. The third kappa shape index (κ3) is 4.28. The van der Waals surface area contributed by atoms with Crippen molar-refractivity contribution >= 4 is 26.8 Å². The molecule has 0 atom stereocenters. The maximum Gasteiger partial charge on any atom is 0.261 e. The van der Waals surface area contributed by atoms with Gasteiger partial charge in [0.15, 0.2) is 0 Å². The highest BCUT2D eigenvalue weighted by Crippen LogP contribution is 2.30. The normalized spacial score (nSPS) is 11.0. The lowest BCUT2D eigenvalue weighted by atomic mass is 10.0. The lowest BCUT2D eigenvalue weighted by Crippen LogP contribution is -2.25. The second kappa shape index (κ2) is 9.17. The molecule has 0 N–H and O–H groups in total. The van der Waals surface area contributed by atoms with Gasteiger partial charge in [-0.1, -0.05) is 28.1 Å². The summed E-state index contributed by atoms with van der Waals surface area (Å²) in [4.78, 5) is 18.5. The zero-order valence-corrected chi connectivity index (χ0v) is 20.2. The van der Waals surface area contributed by atoms with E-state index in [1.165, 1.54) is 0 Å². The molecule has 0 bridgehead atoms. The quantitative estimate of drug-likeness (QED) is 0.346. The first-order valence-corrected chi connectivity index (χ1v) is 11.2. The molecule has 32 heavy (non-hydrogen) atoms. The molecule has 1 aromatic heterocycles. The van der Waals surface area contributed by atoms with Gasteiger partial charge in [0.1, 0.15) is 17.3 Å². The van der Waals surface area contributed by atoms with Gasteiger partial charge >= 0.3 is 0 Å². The number of halogens is 1. The van der Waals surface area contributed by atoms with E-state index in [-0.39, 0.29) is 5.56 Å². The molecule has 0 saturated carbocycles. The van der Waals surface area contributed by atoms with Crippen molar-refractivity contribution in [3.05, 3.63) is 86.1 Å². The Hall–Kier alpha value is -3.12. The number of methoxy groups -OCH3 is 2. The number of nitrogens with zero attached hydrogens (tertiary/aromatic N) is 2. The zero-order valence-electron chi connectivity index (χ0n) is 18.6. The molecule has 0 amide bonds. The van der Waals surface area contributed by atoms with Gasteiger partial charge in [-0.2, -0.15) is 0 Å². The highest BCUT2D eigenvalue weighted by Gasteiger charge is 2.16. The van der Waals surface area contributed by atoms with Gasteiger partial charge in [0.2, 0.25) is 0 Å². The predicted octanol–water partition coefficient (Wildman–Crippen LogP) is 5.70. The molecule has 6 heteroatoms. The highest BCUT2D eigenvalue weighted by molar-refractivity contribution is 9.10. The van der Waals surface area contributed by atoms with Crippen LogP contribution in [-0.4, -0.2) is 23.8 Å². The van der Waals surface area contributed by atoms with Crippen LogP contribution in [0.25, 0.3) is 22.3 Å². The van der Waals surface area contributed by atoms with Crippen LogP contribution in [0.15, 0.2) is 63.9 Å². The van der Waals surface area contributed by atoms with Gasteiger partial charge in [-0.15, -0.1) is 0 Å². The number of hydrogen-bond donors (Lipinski definition) is 0. The molecule has 0 aliphatic carbocycles. The van der Waals surface area contributed by atoms with E-state index >= 15 is 0 Å². The molecule has 1 heterocycles. The monoisotopic (exact) mass is 492 g/mol. The molecule has 0 saturated heterocycles. The minimum Gasteiger partial charge on any atom is -0.497 e.